The lowest BCUT2D eigenvalue weighted by Gasteiger charge is -2.26. The van der Waals surface area contributed by atoms with E-state index in [0.29, 0.717) is 22.9 Å². The van der Waals surface area contributed by atoms with Crippen LogP contribution in [-0.4, -0.2) is 35.6 Å². The summed E-state index contributed by atoms with van der Waals surface area (Å²) >= 11 is 0. The molecule has 1 aliphatic rings. The second-order valence-corrected chi connectivity index (χ2v) is 4.77. The lowest BCUT2D eigenvalue weighted by atomic mass is 9.99. The molecule has 0 spiro atoms. The van der Waals surface area contributed by atoms with Crippen molar-refractivity contribution in [3.8, 4) is 0 Å². The van der Waals surface area contributed by atoms with Crippen LogP contribution in [0.15, 0.2) is 18.2 Å². The Bertz CT molecular complexity index is 631. The van der Waals surface area contributed by atoms with Crippen molar-refractivity contribution in [1.29, 1.82) is 0 Å². The average molecular weight is 260 g/mol. The summed E-state index contributed by atoms with van der Waals surface area (Å²) in [5, 5.41) is 3.22. The van der Waals surface area contributed by atoms with Crippen LogP contribution in [0.3, 0.4) is 0 Å². The Kier molecular flexibility index (Phi) is 2.87. The van der Waals surface area contributed by atoms with Crippen molar-refractivity contribution >= 4 is 17.3 Å². The molecular formula is C13H16N4O2. The van der Waals surface area contributed by atoms with Crippen LogP contribution < -0.4 is 11.1 Å². The molecule has 0 atom stereocenters. The quantitative estimate of drug-likeness (QED) is 0.784. The van der Waals surface area contributed by atoms with E-state index in [2.05, 4.69) is 10.3 Å². The van der Waals surface area contributed by atoms with E-state index in [0.717, 1.165) is 25.3 Å². The monoisotopic (exact) mass is 260 g/mol. The predicted octanol–water partition coefficient (Wildman–Crippen LogP) is 0.465. The maximum atomic E-state index is 11.8. The zero-order valence-electron chi connectivity index (χ0n) is 10.7. The number of ether oxygens (including phenoxy) is 1. The van der Waals surface area contributed by atoms with Gasteiger partial charge in [-0.2, -0.15) is 0 Å². The number of nitrogen functional groups attached to an aromatic ring is 1. The molecule has 0 radical (unpaired) electrons. The van der Waals surface area contributed by atoms with Gasteiger partial charge in [0.2, 0.25) is 0 Å². The second kappa shape index (κ2) is 4.55. The van der Waals surface area contributed by atoms with Crippen molar-refractivity contribution in [2.75, 3.05) is 25.9 Å². The minimum Gasteiger partial charge on any atom is -0.464 e. The number of rotatable bonds is 3. The molecule has 0 unspecified atom stereocenters. The van der Waals surface area contributed by atoms with E-state index in [1.54, 1.807) is 6.07 Å². The van der Waals surface area contributed by atoms with E-state index in [1.165, 1.54) is 7.11 Å². The summed E-state index contributed by atoms with van der Waals surface area (Å²) < 4.78 is 6.61. The van der Waals surface area contributed by atoms with E-state index in [4.69, 9.17) is 10.5 Å². The fraction of sp³-hybridized carbons (Fsp3) is 0.385. The molecule has 3 N–H and O–H groups in total. The van der Waals surface area contributed by atoms with E-state index >= 15 is 0 Å². The number of aromatic nitrogens is 2. The number of fused-ring (bicyclic) bond motifs is 1. The molecule has 19 heavy (non-hydrogen) atoms. The Hall–Kier alpha value is -2.08. The zero-order chi connectivity index (χ0) is 13.4. The topological polar surface area (TPSA) is 81.6 Å². The zero-order valence-corrected chi connectivity index (χ0v) is 10.7. The number of esters is 1. The first-order valence-corrected chi connectivity index (χ1v) is 6.25. The van der Waals surface area contributed by atoms with Gasteiger partial charge in [-0.15, -0.1) is 0 Å². The first kappa shape index (κ1) is 12.0. The number of methoxy groups -OCH3 is 1. The van der Waals surface area contributed by atoms with Crippen molar-refractivity contribution in [3.63, 3.8) is 0 Å². The molecule has 0 aromatic carbocycles. The lowest BCUT2D eigenvalue weighted by molar-refractivity contribution is 0.0596. The molecule has 2 aromatic heterocycles. The fourth-order valence-electron chi connectivity index (χ4n) is 2.37. The lowest BCUT2D eigenvalue weighted by Crippen LogP contribution is -2.43. The van der Waals surface area contributed by atoms with Crippen LogP contribution in [0.25, 0.3) is 5.52 Å². The van der Waals surface area contributed by atoms with Crippen LogP contribution in [0, 0.1) is 5.92 Å². The van der Waals surface area contributed by atoms with Crippen LogP contribution in [0.1, 0.15) is 16.3 Å². The molecular weight excluding hydrogens is 244 g/mol. The van der Waals surface area contributed by atoms with Gasteiger partial charge in [0.25, 0.3) is 0 Å². The van der Waals surface area contributed by atoms with Gasteiger partial charge >= 0.3 is 5.97 Å². The van der Waals surface area contributed by atoms with E-state index < -0.39 is 5.97 Å². The SMILES string of the molecule is COC(=O)c1nc(CC2CNC2)n2c(N)cccc12. The molecule has 0 bridgehead atoms. The molecule has 6 heteroatoms. The number of imidazole rings is 1. The summed E-state index contributed by atoms with van der Waals surface area (Å²) in [4.78, 5) is 16.2. The summed E-state index contributed by atoms with van der Waals surface area (Å²) in [6.45, 7) is 1.96. The third kappa shape index (κ3) is 1.94. The van der Waals surface area contributed by atoms with Crippen LogP contribution in [0.4, 0.5) is 5.82 Å². The Balaban J connectivity index is 2.11. The van der Waals surface area contributed by atoms with Crippen LogP contribution in [0.5, 0.6) is 0 Å². The molecule has 1 aliphatic heterocycles. The number of anilines is 1. The number of carbonyl (C=O) groups is 1. The Labute approximate surface area is 110 Å². The van der Waals surface area contributed by atoms with Crippen molar-refractivity contribution in [1.82, 2.24) is 14.7 Å². The molecule has 0 saturated carbocycles. The van der Waals surface area contributed by atoms with Gasteiger partial charge < -0.3 is 15.8 Å². The number of hydrogen-bond donors (Lipinski definition) is 2. The molecule has 2 aromatic rings. The van der Waals surface area contributed by atoms with Gasteiger partial charge in [0, 0.05) is 6.42 Å². The van der Waals surface area contributed by atoms with Crippen molar-refractivity contribution in [2.45, 2.75) is 6.42 Å². The predicted molar refractivity (Wildman–Crippen MR) is 71.0 cm³/mol. The van der Waals surface area contributed by atoms with Gasteiger partial charge in [-0.05, 0) is 31.1 Å². The third-order valence-electron chi connectivity index (χ3n) is 3.48. The summed E-state index contributed by atoms with van der Waals surface area (Å²) in [5.41, 5.74) is 7.04. The number of carbonyl (C=O) groups excluding carboxylic acids is 1. The van der Waals surface area contributed by atoms with Crippen molar-refractivity contribution in [2.24, 2.45) is 5.92 Å². The minimum atomic E-state index is -0.430. The Morgan fingerprint density at radius 2 is 2.37 bits per heavy atom. The minimum absolute atomic E-state index is 0.331. The Morgan fingerprint density at radius 1 is 1.58 bits per heavy atom. The van der Waals surface area contributed by atoms with Gasteiger partial charge in [-0.25, -0.2) is 9.78 Å². The number of pyridine rings is 1. The average Bonchev–Trinajstić information content (AvgIpc) is 2.73. The molecule has 0 aliphatic carbocycles. The largest absolute Gasteiger partial charge is 0.464 e. The second-order valence-electron chi connectivity index (χ2n) is 4.77. The molecule has 1 saturated heterocycles. The van der Waals surface area contributed by atoms with E-state index in [1.807, 2.05) is 16.5 Å². The normalized spacial score (nSPS) is 15.4. The van der Waals surface area contributed by atoms with E-state index in [-0.39, 0.29) is 0 Å². The summed E-state index contributed by atoms with van der Waals surface area (Å²) in [5.74, 6) is 1.53. The smallest absolute Gasteiger partial charge is 0.358 e. The number of nitrogens with one attached hydrogen (secondary N) is 1. The molecule has 6 nitrogen and oxygen atoms in total. The first-order valence-electron chi connectivity index (χ1n) is 6.25. The van der Waals surface area contributed by atoms with Gasteiger partial charge in [0.15, 0.2) is 5.69 Å². The highest BCUT2D eigenvalue weighted by Gasteiger charge is 2.24. The standard InChI is InChI=1S/C13H16N4O2/c1-19-13(18)12-9-3-2-4-10(14)17(9)11(16-12)5-8-6-15-7-8/h2-4,8,15H,5-7,14H2,1H3. The summed E-state index contributed by atoms with van der Waals surface area (Å²) in [6.07, 6.45) is 0.805. The maximum absolute atomic E-state index is 11.8. The molecule has 3 rings (SSSR count). The maximum Gasteiger partial charge on any atom is 0.358 e. The van der Waals surface area contributed by atoms with Gasteiger partial charge in [0.1, 0.15) is 11.6 Å². The van der Waals surface area contributed by atoms with Crippen molar-refractivity contribution < 1.29 is 9.53 Å². The first-order chi connectivity index (χ1) is 9.20. The highest BCUT2D eigenvalue weighted by molar-refractivity contribution is 5.95. The van der Waals surface area contributed by atoms with Crippen LogP contribution >= 0.6 is 0 Å². The number of nitrogens with two attached hydrogens (primary N) is 1. The summed E-state index contributed by atoms with van der Waals surface area (Å²) in [7, 11) is 1.36. The van der Waals surface area contributed by atoms with Gasteiger partial charge in [0.05, 0.1) is 12.6 Å². The van der Waals surface area contributed by atoms with E-state index in [9.17, 15) is 4.79 Å². The third-order valence-corrected chi connectivity index (χ3v) is 3.48. The molecule has 100 valence electrons. The highest BCUT2D eigenvalue weighted by Crippen LogP contribution is 2.21. The molecule has 1 fully saturated rings. The molecule has 3 heterocycles. The number of nitrogens with zero attached hydrogens (tertiary/aromatic N) is 2. The number of hydrogen-bond acceptors (Lipinski definition) is 5. The fourth-order valence-corrected chi connectivity index (χ4v) is 2.37. The summed E-state index contributed by atoms with van der Waals surface area (Å²) in [6, 6.07) is 5.45. The van der Waals surface area contributed by atoms with Crippen LogP contribution in [-0.2, 0) is 11.2 Å². The van der Waals surface area contributed by atoms with Crippen LogP contribution in [0.2, 0.25) is 0 Å². The van der Waals surface area contributed by atoms with Crippen molar-refractivity contribution in [3.05, 3.63) is 29.7 Å². The van der Waals surface area contributed by atoms with Gasteiger partial charge in [-0.1, -0.05) is 6.07 Å². The Morgan fingerprint density at radius 3 is 3.00 bits per heavy atom. The molecule has 0 amide bonds. The van der Waals surface area contributed by atoms with Gasteiger partial charge in [-0.3, -0.25) is 4.40 Å². The highest BCUT2D eigenvalue weighted by atomic mass is 16.5.